The van der Waals surface area contributed by atoms with E-state index < -0.39 is 0 Å². The summed E-state index contributed by atoms with van der Waals surface area (Å²) in [6.45, 7) is 2.98. The van der Waals surface area contributed by atoms with E-state index in [1.54, 1.807) is 48.5 Å². The van der Waals surface area contributed by atoms with Gasteiger partial charge in [0.15, 0.2) is 11.6 Å². The minimum absolute atomic E-state index is 0.0142. The largest absolute Gasteiger partial charge is 0.388 e. The van der Waals surface area contributed by atoms with Gasteiger partial charge in [-0.15, -0.1) is 0 Å². The lowest BCUT2D eigenvalue weighted by Gasteiger charge is -2.08. The van der Waals surface area contributed by atoms with Crippen molar-refractivity contribution in [1.82, 2.24) is 0 Å². The van der Waals surface area contributed by atoms with Crippen molar-refractivity contribution in [1.29, 1.82) is 0 Å². The lowest BCUT2D eigenvalue weighted by Crippen LogP contribution is -2.12. The third-order valence-electron chi connectivity index (χ3n) is 5.93. The number of carbonyl (C=O) groups is 4. The van der Waals surface area contributed by atoms with Gasteiger partial charge in [-0.2, -0.15) is 0 Å². The molecule has 0 unspecified atom stereocenters. The van der Waals surface area contributed by atoms with E-state index in [0.717, 1.165) is 17.1 Å². The Morgan fingerprint density at radius 2 is 0.925 bits per heavy atom. The van der Waals surface area contributed by atoms with E-state index in [1.165, 1.54) is 13.8 Å². The molecule has 0 spiro atoms. The van der Waals surface area contributed by atoms with E-state index in [2.05, 4.69) is 21.3 Å². The van der Waals surface area contributed by atoms with Crippen LogP contribution in [0.2, 0.25) is 0 Å². The summed E-state index contributed by atoms with van der Waals surface area (Å²) in [5, 5.41) is 11.6. The highest BCUT2D eigenvalue weighted by Gasteiger charge is 2.09. The second kappa shape index (κ2) is 14.1. The number of carbonyl (C=O) groups excluding carboxylic acids is 4. The first-order valence-electron chi connectivity index (χ1n) is 12.6. The summed E-state index contributed by atoms with van der Waals surface area (Å²) in [6.07, 6.45) is 0. The molecule has 4 aromatic rings. The molecular formula is C32H32N4O4. The molecule has 4 N–H and O–H groups in total. The minimum Gasteiger partial charge on any atom is -0.388 e. The number of hydrogen-bond acceptors (Lipinski definition) is 6. The fraction of sp³-hybridized carbons (Fsp3) is 0.125. The summed E-state index contributed by atoms with van der Waals surface area (Å²) in [5.74, 6) is -0.505. The lowest BCUT2D eigenvalue weighted by atomic mass is 10.1. The second-order valence-corrected chi connectivity index (χ2v) is 8.84. The number of Topliss-reactive ketones (excluding diaryl/α,β-unsaturated/α-hetero) is 2. The van der Waals surface area contributed by atoms with Crippen LogP contribution in [0.5, 0.6) is 0 Å². The normalized spacial score (nSPS) is 9.90. The molecule has 4 aromatic carbocycles. The molecule has 0 heterocycles. The van der Waals surface area contributed by atoms with Gasteiger partial charge >= 0.3 is 0 Å². The molecule has 0 saturated heterocycles. The van der Waals surface area contributed by atoms with Crippen LogP contribution in [0.15, 0.2) is 97.1 Å². The number of hydrogen-bond donors (Lipinski definition) is 4. The van der Waals surface area contributed by atoms with E-state index >= 15 is 0 Å². The van der Waals surface area contributed by atoms with Gasteiger partial charge in [0.1, 0.15) is 0 Å². The molecule has 2 amide bonds. The first-order chi connectivity index (χ1) is 19.2. The van der Waals surface area contributed by atoms with Gasteiger partial charge < -0.3 is 21.3 Å². The summed E-state index contributed by atoms with van der Waals surface area (Å²) in [6, 6.07) is 28.1. The van der Waals surface area contributed by atoms with Crippen LogP contribution >= 0.6 is 0 Å². The Morgan fingerprint density at radius 3 is 1.52 bits per heavy atom. The summed E-state index contributed by atoms with van der Waals surface area (Å²) in [4.78, 5) is 46.7. The Balaban J connectivity index is 0.000000220. The van der Waals surface area contributed by atoms with Crippen LogP contribution in [0.25, 0.3) is 0 Å². The van der Waals surface area contributed by atoms with Crippen LogP contribution in [0.4, 0.5) is 22.7 Å². The van der Waals surface area contributed by atoms with Crippen LogP contribution in [0.3, 0.4) is 0 Å². The number of nitrogens with one attached hydrogen (secondary N) is 4. The Bertz CT molecular complexity index is 1500. The molecule has 8 heteroatoms. The molecule has 0 aliphatic heterocycles. The molecule has 0 aliphatic rings. The fourth-order valence-corrected chi connectivity index (χ4v) is 3.61. The molecule has 0 fully saturated rings. The number of anilines is 4. The highest BCUT2D eigenvalue weighted by molar-refractivity contribution is 6.06. The smallest absolute Gasteiger partial charge is 0.255 e. The molecule has 0 aromatic heterocycles. The monoisotopic (exact) mass is 536 g/mol. The van der Waals surface area contributed by atoms with Crippen molar-refractivity contribution in [3.8, 4) is 0 Å². The van der Waals surface area contributed by atoms with Crippen molar-refractivity contribution >= 4 is 46.1 Å². The molecule has 0 atom stereocenters. The summed E-state index contributed by atoms with van der Waals surface area (Å²) in [7, 11) is 3.65. The Morgan fingerprint density at radius 1 is 0.450 bits per heavy atom. The number of amides is 2. The van der Waals surface area contributed by atoms with Crippen molar-refractivity contribution in [2.24, 2.45) is 0 Å². The predicted molar refractivity (Wildman–Crippen MR) is 161 cm³/mol. The van der Waals surface area contributed by atoms with Crippen LogP contribution < -0.4 is 21.3 Å². The average molecular weight is 537 g/mol. The Labute approximate surface area is 233 Å². The van der Waals surface area contributed by atoms with Gasteiger partial charge in [0, 0.05) is 59.1 Å². The number of rotatable bonds is 8. The highest BCUT2D eigenvalue weighted by Crippen LogP contribution is 2.17. The zero-order valence-electron chi connectivity index (χ0n) is 22.9. The maximum absolute atomic E-state index is 12.1. The SMILES string of the molecule is CNc1ccc(NC(=O)c2ccc(C(C)=O)cc2)cc1.CNc1cccc(NC(=O)c2cccc(C(C)=O)c2)c1. The van der Waals surface area contributed by atoms with Gasteiger partial charge in [-0.1, -0.05) is 30.3 Å². The molecule has 204 valence electrons. The zero-order valence-corrected chi connectivity index (χ0v) is 22.9. The van der Waals surface area contributed by atoms with E-state index in [-0.39, 0.29) is 23.4 Å². The van der Waals surface area contributed by atoms with E-state index in [0.29, 0.717) is 27.9 Å². The van der Waals surface area contributed by atoms with Crippen LogP contribution in [-0.2, 0) is 0 Å². The maximum Gasteiger partial charge on any atom is 0.255 e. The second-order valence-electron chi connectivity index (χ2n) is 8.84. The Kier molecular flexibility index (Phi) is 10.3. The van der Waals surface area contributed by atoms with Crippen molar-refractivity contribution in [3.63, 3.8) is 0 Å². The van der Waals surface area contributed by atoms with Crippen LogP contribution in [0.1, 0.15) is 55.3 Å². The standard InChI is InChI=1S/2C16H16N2O2/c1-11(19)12-3-5-13(6-4-12)16(20)18-15-9-7-14(17-2)8-10-15;1-11(19)12-5-3-6-13(9-12)16(20)18-15-8-4-7-14(10-15)17-2/h2*3-10,17H,1-2H3,(H,18,20). The van der Waals surface area contributed by atoms with Crippen molar-refractivity contribution in [2.45, 2.75) is 13.8 Å². The molecule has 0 bridgehead atoms. The van der Waals surface area contributed by atoms with E-state index in [4.69, 9.17) is 0 Å². The third-order valence-corrected chi connectivity index (χ3v) is 5.93. The van der Waals surface area contributed by atoms with Crippen molar-refractivity contribution < 1.29 is 19.2 Å². The van der Waals surface area contributed by atoms with Gasteiger partial charge in [0.05, 0.1) is 0 Å². The van der Waals surface area contributed by atoms with Gasteiger partial charge in [0.2, 0.25) is 0 Å². The lowest BCUT2D eigenvalue weighted by molar-refractivity contribution is 0.100. The molecular weight excluding hydrogens is 504 g/mol. The number of ketones is 2. The zero-order chi connectivity index (χ0) is 29.1. The van der Waals surface area contributed by atoms with E-state index in [9.17, 15) is 19.2 Å². The van der Waals surface area contributed by atoms with Crippen molar-refractivity contribution in [3.05, 3.63) is 119 Å². The number of benzene rings is 4. The van der Waals surface area contributed by atoms with Crippen molar-refractivity contribution in [2.75, 3.05) is 35.4 Å². The van der Waals surface area contributed by atoms with Gasteiger partial charge in [-0.05, 0) is 80.6 Å². The third kappa shape index (κ3) is 8.39. The molecule has 40 heavy (non-hydrogen) atoms. The molecule has 0 aliphatic carbocycles. The van der Waals surface area contributed by atoms with Gasteiger partial charge in [-0.3, -0.25) is 19.2 Å². The predicted octanol–water partition coefficient (Wildman–Crippen LogP) is 6.37. The first-order valence-corrected chi connectivity index (χ1v) is 12.6. The Hall–Kier alpha value is -5.24. The first kappa shape index (κ1) is 29.3. The molecule has 4 rings (SSSR count). The average Bonchev–Trinajstić information content (AvgIpc) is 2.98. The van der Waals surface area contributed by atoms with Crippen LogP contribution in [0, 0.1) is 0 Å². The molecule has 8 nitrogen and oxygen atoms in total. The summed E-state index contributed by atoms with van der Waals surface area (Å²) < 4.78 is 0. The van der Waals surface area contributed by atoms with E-state index in [1.807, 2.05) is 62.6 Å². The summed E-state index contributed by atoms with van der Waals surface area (Å²) >= 11 is 0. The van der Waals surface area contributed by atoms with Gasteiger partial charge in [0.25, 0.3) is 11.8 Å². The summed E-state index contributed by atoms with van der Waals surface area (Å²) in [5.41, 5.74) is 5.44. The molecule has 0 saturated carbocycles. The maximum atomic E-state index is 12.1. The minimum atomic E-state index is -0.235. The van der Waals surface area contributed by atoms with Gasteiger partial charge in [-0.25, -0.2) is 0 Å². The topological polar surface area (TPSA) is 116 Å². The quantitative estimate of drug-likeness (QED) is 0.195. The van der Waals surface area contributed by atoms with Crippen LogP contribution in [-0.4, -0.2) is 37.5 Å². The highest BCUT2D eigenvalue weighted by atomic mass is 16.2. The fourth-order valence-electron chi connectivity index (χ4n) is 3.61. The molecule has 0 radical (unpaired) electrons.